The number of amides is 4. The molecule has 4 amide bonds. The van der Waals surface area contributed by atoms with Gasteiger partial charge >= 0.3 is 0 Å². The number of amidine groups is 4. The molecule has 3 heterocycles. The van der Waals surface area contributed by atoms with Gasteiger partial charge in [-0.15, -0.1) is 0 Å². The third-order valence-electron chi connectivity index (χ3n) is 13.9. The summed E-state index contributed by atoms with van der Waals surface area (Å²) in [6.45, 7) is -1.50. The number of aliphatic hydroxyl groups excluding tert-OH is 7. The fourth-order valence-corrected chi connectivity index (χ4v) is 9.47. The van der Waals surface area contributed by atoms with Crippen LogP contribution in [0.3, 0.4) is 0 Å². The van der Waals surface area contributed by atoms with E-state index >= 15 is 0 Å². The standard InChI is InChI=1S/C47H86N14O17/c48-26(49)9-1-5-13-30(63)58-18-23-37(68)39(70)34(56)45(73-23)76-42-22(61-33(66)16-8-4-12-29(54)55)17-21(60-32(65)15-7-3-11-28(52)53)36(67)44(42)78-47-41(72)43(25(20-62)75-47)77-46-35(57)40(71)38(69)24(74-46)19-59-31(64)14-6-2-10-27(50)51/h21-25,34-47,62,67-72H,1-20,56-57H2,(H3,48,49)(H3,50,51)(H3,52,53)(H3,54,55)(H,58,63)(H,59,64)(H,60,65)(H,61,66)/t21-,22+,23+,24+,25-,34+,35-,36+,37+,38-,39+,40-,41-,42?,43-,44-,45+,46?,47?/m0/s1. The molecule has 31 nitrogen and oxygen atoms in total. The van der Waals surface area contributed by atoms with Crippen molar-refractivity contribution < 1.29 is 83.3 Å². The molecule has 4 fully saturated rings. The van der Waals surface area contributed by atoms with Gasteiger partial charge in [-0.05, 0) is 57.8 Å². The molecule has 0 aromatic heterocycles. The molecule has 0 spiro atoms. The second-order valence-electron chi connectivity index (χ2n) is 20.3. The van der Waals surface area contributed by atoms with Crippen molar-refractivity contribution in [3.8, 4) is 0 Å². The normalized spacial score (nSPS) is 33.8. The Hall–Kier alpha value is -4.84. The van der Waals surface area contributed by atoms with Gasteiger partial charge in [0.25, 0.3) is 0 Å². The lowest BCUT2D eigenvalue weighted by atomic mass is 9.82. The van der Waals surface area contributed by atoms with E-state index in [1.165, 1.54) is 0 Å². The van der Waals surface area contributed by atoms with Crippen molar-refractivity contribution in [1.82, 2.24) is 21.3 Å². The summed E-state index contributed by atoms with van der Waals surface area (Å²) in [7, 11) is 0. The van der Waals surface area contributed by atoms with Crippen molar-refractivity contribution in [1.29, 1.82) is 21.6 Å². The van der Waals surface area contributed by atoms with Gasteiger partial charge in [-0.25, -0.2) is 0 Å². The minimum Gasteiger partial charge on any atom is -0.394 e. The minimum atomic E-state index is -1.89. The average molecular weight is 1120 g/mol. The fourth-order valence-electron chi connectivity index (χ4n) is 9.47. The number of nitrogens with one attached hydrogen (secondary N) is 8. The topological polar surface area (TPSA) is 565 Å². The third kappa shape index (κ3) is 20.4. The van der Waals surface area contributed by atoms with Crippen molar-refractivity contribution in [2.24, 2.45) is 34.4 Å². The lowest BCUT2D eigenvalue weighted by Gasteiger charge is -2.48. The lowest BCUT2D eigenvalue weighted by Crippen LogP contribution is -2.69. The Labute approximate surface area is 451 Å². The van der Waals surface area contributed by atoms with Crippen molar-refractivity contribution >= 4 is 47.0 Å². The molecular formula is C47H86N14O17. The quantitative estimate of drug-likeness (QED) is 0.0165. The summed E-state index contributed by atoms with van der Waals surface area (Å²) in [5.74, 6) is -2.17. The predicted molar refractivity (Wildman–Crippen MR) is 276 cm³/mol. The number of aliphatic hydroxyl groups is 7. The molecule has 0 aromatic rings. The van der Waals surface area contributed by atoms with Crippen LogP contribution in [0.1, 0.15) is 109 Å². The summed E-state index contributed by atoms with van der Waals surface area (Å²) >= 11 is 0. The molecule has 1 saturated carbocycles. The molecule has 3 saturated heterocycles. The number of unbranched alkanes of at least 4 members (excludes halogenated alkanes) is 4. The Morgan fingerprint density at radius 1 is 0.436 bits per heavy atom. The molecule has 3 unspecified atom stereocenters. The van der Waals surface area contributed by atoms with Crippen LogP contribution in [0.4, 0.5) is 0 Å². The number of carbonyl (C=O) groups excluding carboxylic acids is 4. The van der Waals surface area contributed by atoms with Gasteiger partial charge in [-0.3, -0.25) is 40.8 Å². The highest BCUT2D eigenvalue weighted by atomic mass is 16.8. The number of ether oxygens (including phenoxy) is 6. The van der Waals surface area contributed by atoms with E-state index in [9.17, 15) is 54.9 Å². The van der Waals surface area contributed by atoms with E-state index in [-0.39, 0.29) is 94.2 Å². The van der Waals surface area contributed by atoms with E-state index in [2.05, 4.69) is 21.3 Å². The number of carbonyl (C=O) groups is 4. The Kier molecular flexibility index (Phi) is 27.3. The molecule has 3 aliphatic heterocycles. The summed E-state index contributed by atoms with van der Waals surface area (Å²) in [6.07, 6.45) is -20.7. The molecule has 4 aliphatic rings. The molecular weight excluding hydrogens is 1030 g/mol. The third-order valence-corrected chi connectivity index (χ3v) is 13.9. The minimum absolute atomic E-state index is 0.0214. The maximum Gasteiger partial charge on any atom is 0.220 e. The van der Waals surface area contributed by atoms with Crippen LogP contribution in [0.5, 0.6) is 0 Å². The molecule has 31 heteroatoms. The molecule has 0 aromatic carbocycles. The van der Waals surface area contributed by atoms with Gasteiger partial charge in [0, 0.05) is 64.5 Å². The zero-order valence-electron chi connectivity index (χ0n) is 43.8. The maximum atomic E-state index is 13.7. The number of nitrogens with two attached hydrogens (primary N) is 6. The van der Waals surface area contributed by atoms with E-state index in [4.69, 9.17) is 84.5 Å². The first-order valence-corrected chi connectivity index (χ1v) is 26.5. The van der Waals surface area contributed by atoms with Crippen LogP contribution in [0, 0.1) is 21.6 Å². The Balaban J connectivity index is 1.64. The summed E-state index contributed by atoms with van der Waals surface area (Å²) in [5.41, 5.74) is 34.5. The largest absolute Gasteiger partial charge is 0.394 e. The number of rotatable bonds is 33. The molecule has 0 radical (unpaired) electrons. The highest BCUT2D eigenvalue weighted by Crippen LogP contribution is 2.35. The van der Waals surface area contributed by atoms with Gasteiger partial charge in [0.15, 0.2) is 18.9 Å². The van der Waals surface area contributed by atoms with Crippen molar-refractivity contribution in [3.05, 3.63) is 0 Å². The molecule has 446 valence electrons. The number of hydrogen-bond donors (Lipinski definition) is 21. The SMILES string of the molecule is N=C(N)CCCCC(=O)NC[C@H]1OC(O[C@H]2[C@H](CO)OC(O[C@@H]3C(O[C@H]4O[C@H](CNC(=O)CCCCC(=N)N)[C@@H](O)[C@H](O)[C@H]4N)[C@H](NC(=O)CCCCC(=N)N)C[C@H](NC(=O)CCCCC(=N)N)[C@H]3O)[C@H]2O)[C@@H](N)[C@H](O)[C@H]1O. The van der Waals surface area contributed by atoms with Gasteiger partial charge < -0.3 is 120 Å². The van der Waals surface area contributed by atoms with Gasteiger partial charge in [-0.2, -0.15) is 0 Å². The molecule has 0 bridgehead atoms. The van der Waals surface area contributed by atoms with Crippen LogP contribution in [0.2, 0.25) is 0 Å². The molecule has 4 rings (SSSR count). The van der Waals surface area contributed by atoms with Crippen molar-refractivity contribution in [2.75, 3.05) is 19.7 Å². The molecule has 78 heavy (non-hydrogen) atoms. The Morgan fingerprint density at radius 2 is 0.782 bits per heavy atom. The van der Waals surface area contributed by atoms with Crippen LogP contribution >= 0.6 is 0 Å². The molecule has 19 atom stereocenters. The van der Waals surface area contributed by atoms with E-state index in [1.54, 1.807) is 0 Å². The summed E-state index contributed by atoms with van der Waals surface area (Å²) < 4.78 is 36.9. The summed E-state index contributed by atoms with van der Waals surface area (Å²) in [6, 6.07) is -5.46. The highest BCUT2D eigenvalue weighted by Gasteiger charge is 2.56. The second-order valence-corrected chi connectivity index (χ2v) is 20.3. The zero-order valence-corrected chi connectivity index (χ0v) is 43.8. The van der Waals surface area contributed by atoms with Crippen molar-refractivity contribution in [3.63, 3.8) is 0 Å². The van der Waals surface area contributed by atoms with Gasteiger partial charge in [0.05, 0.1) is 54.1 Å². The van der Waals surface area contributed by atoms with Crippen LogP contribution in [-0.4, -0.2) is 219 Å². The van der Waals surface area contributed by atoms with Gasteiger partial charge in [0.1, 0.15) is 73.2 Å². The highest BCUT2D eigenvalue weighted by molar-refractivity contribution is 5.80. The van der Waals surface area contributed by atoms with Crippen LogP contribution in [0.15, 0.2) is 0 Å². The first kappa shape index (κ1) is 65.7. The second kappa shape index (κ2) is 32.4. The van der Waals surface area contributed by atoms with Crippen LogP contribution in [-0.2, 0) is 47.6 Å². The van der Waals surface area contributed by atoms with Crippen LogP contribution < -0.4 is 55.7 Å². The Morgan fingerprint density at radius 3 is 1.18 bits per heavy atom. The zero-order chi connectivity index (χ0) is 57.8. The maximum absolute atomic E-state index is 13.7. The lowest BCUT2D eigenvalue weighted by molar-refractivity contribution is -0.309. The predicted octanol–water partition coefficient (Wildman–Crippen LogP) is -6.28. The van der Waals surface area contributed by atoms with Crippen LogP contribution in [0.25, 0.3) is 0 Å². The summed E-state index contributed by atoms with van der Waals surface area (Å²) in [4.78, 5) is 52.5. The smallest absolute Gasteiger partial charge is 0.220 e. The average Bonchev–Trinajstić information content (AvgIpc) is 3.70. The van der Waals surface area contributed by atoms with E-state index in [0.29, 0.717) is 51.4 Å². The van der Waals surface area contributed by atoms with Gasteiger partial charge in [0.2, 0.25) is 23.6 Å². The first-order chi connectivity index (χ1) is 36.9. The fraction of sp³-hybridized carbons (Fsp3) is 0.830. The molecule has 27 N–H and O–H groups in total. The Bertz CT molecular complexity index is 1990. The monoisotopic (exact) mass is 1120 g/mol. The first-order valence-electron chi connectivity index (χ1n) is 26.5. The van der Waals surface area contributed by atoms with E-state index in [1.807, 2.05) is 0 Å². The van der Waals surface area contributed by atoms with Gasteiger partial charge in [-0.1, -0.05) is 0 Å². The van der Waals surface area contributed by atoms with Crippen molar-refractivity contribution in [2.45, 2.75) is 225 Å². The van der Waals surface area contributed by atoms with E-state index < -0.39 is 147 Å². The van der Waals surface area contributed by atoms with E-state index in [0.717, 1.165) is 0 Å². The number of hydrogen-bond acceptors (Lipinski definition) is 23. The molecule has 1 aliphatic carbocycles. The summed E-state index contributed by atoms with van der Waals surface area (Å²) in [5, 5.41) is 120.